The van der Waals surface area contributed by atoms with Gasteiger partial charge < -0.3 is 19.5 Å². The van der Waals surface area contributed by atoms with E-state index in [-0.39, 0.29) is 17.4 Å². The third-order valence-electron chi connectivity index (χ3n) is 5.62. The molecule has 1 heterocycles. The molecule has 0 bridgehead atoms. The number of carboxylic acids is 1. The van der Waals surface area contributed by atoms with E-state index in [2.05, 4.69) is 0 Å². The van der Waals surface area contributed by atoms with Gasteiger partial charge in [-0.3, -0.25) is 9.59 Å². The number of ketones is 1. The minimum Gasteiger partial charge on any atom is -0.494 e. The van der Waals surface area contributed by atoms with Gasteiger partial charge in [-0.25, -0.2) is 9.18 Å². The summed E-state index contributed by atoms with van der Waals surface area (Å²) < 4.78 is 24.1. The van der Waals surface area contributed by atoms with Crippen molar-refractivity contribution in [2.45, 2.75) is 18.2 Å². The Hall–Kier alpha value is -3.85. The molecule has 1 amide bonds. The third-order valence-corrected chi connectivity index (χ3v) is 6.86. The van der Waals surface area contributed by atoms with E-state index in [4.69, 9.17) is 14.6 Å². The number of halogens is 1. The van der Waals surface area contributed by atoms with Crippen LogP contribution in [0, 0.1) is 5.82 Å². The number of carbonyl (C=O) groups excluding carboxylic acids is 2. The van der Waals surface area contributed by atoms with Gasteiger partial charge in [0.15, 0.2) is 12.4 Å². The number of thioether (sulfide) groups is 1. The SMILES string of the molecule is CCOc1ccc(C(=O)CS[C@H]2C(=O)N(c3ccc(F)cc3)[C@@H]2c2ccc(OCC(=O)O)cc2)cc1. The van der Waals surface area contributed by atoms with Crippen LogP contribution in [-0.4, -0.2) is 47.0 Å². The van der Waals surface area contributed by atoms with E-state index < -0.39 is 29.7 Å². The van der Waals surface area contributed by atoms with Crippen LogP contribution in [-0.2, 0) is 9.59 Å². The topological polar surface area (TPSA) is 93.1 Å². The molecule has 7 nitrogen and oxygen atoms in total. The first kappa shape index (κ1) is 25.2. The number of hydrogen-bond acceptors (Lipinski definition) is 6. The Labute approximate surface area is 211 Å². The summed E-state index contributed by atoms with van der Waals surface area (Å²) in [6.45, 7) is 1.95. The summed E-state index contributed by atoms with van der Waals surface area (Å²) in [7, 11) is 0. The van der Waals surface area contributed by atoms with Crippen LogP contribution in [0.4, 0.5) is 10.1 Å². The van der Waals surface area contributed by atoms with Gasteiger partial charge in [0.1, 0.15) is 22.6 Å². The monoisotopic (exact) mass is 509 g/mol. The molecule has 0 radical (unpaired) electrons. The van der Waals surface area contributed by atoms with E-state index in [1.165, 1.54) is 36.0 Å². The van der Waals surface area contributed by atoms with E-state index in [0.29, 0.717) is 29.4 Å². The van der Waals surface area contributed by atoms with Crippen molar-refractivity contribution in [2.24, 2.45) is 0 Å². The highest BCUT2D eigenvalue weighted by molar-refractivity contribution is 8.01. The van der Waals surface area contributed by atoms with Crippen LogP contribution in [0.1, 0.15) is 28.9 Å². The van der Waals surface area contributed by atoms with Gasteiger partial charge in [0, 0.05) is 11.3 Å². The first-order valence-electron chi connectivity index (χ1n) is 11.3. The minimum absolute atomic E-state index is 0.104. The minimum atomic E-state index is -1.08. The van der Waals surface area contributed by atoms with Gasteiger partial charge >= 0.3 is 5.97 Å². The van der Waals surface area contributed by atoms with E-state index in [9.17, 15) is 18.8 Å². The molecule has 3 aromatic rings. The van der Waals surface area contributed by atoms with Crippen molar-refractivity contribution in [1.29, 1.82) is 0 Å². The largest absolute Gasteiger partial charge is 0.494 e. The van der Waals surface area contributed by atoms with Crippen molar-refractivity contribution in [2.75, 3.05) is 23.9 Å². The fourth-order valence-corrected chi connectivity index (χ4v) is 5.11. The molecule has 36 heavy (non-hydrogen) atoms. The van der Waals surface area contributed by atoms with Gasteiger partial charge in [0.05, 0.1) is 18.4 Å². The van der Waals surface area contributed by atoms with Crippen molar-refractivity contribution in [3.8, 4) is 11.5 Å². The lowest BCUT2D eigenvalue weighted by molar-refractivity contribution is -0.139. The Morgan fingerprint density at radius 1 is 0.944 bits per heavy atom. The van der Waals surface area contributed by atoms with Crippen molar-refractivity contribution in [1.82, 2.24) is 0 Å². The molecule has 9 heteroatoms. The van der Waals surface area contributed by atoms with Crippen molar-refractivity contribution in [3.63, 3.8) is 0 Å². The maximum atomic E-state index is 13.5. The first-order chi connectivity index (χ1) is 17.4. The van der Waals surface area contributed by atoms with Gasteiger partial charge in [-0.15, -0.1) is 11.8 Å². The third kappa shape index (κ3) is 5.68. The summed E-state index contributed by atoms with van der Waals surface area (Å²) in [5.41, 5.74) is 1.87. The summed E-state index contributed by atoms with van der Waals surface area (Å²) in [6, 6.07) is 18.9. The number of β-lactam (4-membered cyclic amide) rings is 1. The number of amides is 1. The maximum Gasteiger partial charge on any atom is 0.341 e. The van der Waals surface area contributed by atoms with Crippen LogP contribution in [0.5, 0.6) is 11.5 Å². The fraction of sp³-hybridized carbons (Fsp3) is 0.222. The predicted molar refractivity (Wildman–Crippen MR) is 134 cm³/mol. The Balaban J connectivity index is 1.51. The van der Waals surface area contributed by atoms with Crippen LogP contribution < -0.4 is 14.4 Å². The molecular weight excluding hydrogens is 485 g/mol. The van der Waals surface area contributed by atoms with Crippen LogP contribution in [0.25, 0.3) is 0 Å². The molecule has 0 aliphatic carbocycles. The summed E-state index contributed by atoms with van der Waals surface area (Å²) >= 11 is 1.26. The van der Waals surface area contributed by atoms with Crippen LogP contribution in [0.3, 0.4) is 0 Å². The molecule has 1 N–H and O–H groups in total. The lowest BCUT2D eigenvalue weighted by Gasteiger charge is -2.47. The molecule has 0 spiro atoms. The normalized spacial score (nSPS) is 16.8. The highest BCUT2D eigenvalue weighted by Crippen LogP contribution is 2.45. The van der Waals surface area contributed by atoms with E-state index in [1.807, 2.05) is 6.92 Å². The van der Waals surface area contributed by atoms with Gasteiger partial charge in [0.25, 0.3) is 0 Å². The van der Waals surface area contributed by atoms with Crippen LogP contribution in [0.15, 0.2) is 72.8 Å². The van der Waals surface area contributed by atoms with Crippen LogP contribution in [0.2, 0.25) is 0 Å². The van der Waals surface area contributed by atoms with Crippen molar-refractivity contribution in [3.05, 3.63) is 89.7 Å². The first-order valence-corrected chi connectivity index (χ1v) is 12.3. The van der Waals surface area contributed by atoms with Crippen molar-refractivity contribution >= 4 is 35.1 Å². The van der Waals surface area contributed by atoms with Gasteiger partial charge in [-0.1, -0.05) is 12.1 Å². The molecule has 1 saturated heterocycles. The van der Waals surface area contributed by atoms with Crippen LogP contribution >= 0.6 is 11.8 Å². The number of benzene rings is 3. The molecule has 1 aliphatic heterocycles. The van der Waals surface area contributed by atoms with E-state index >= 15 is 0 Å². The summed E-state index contributed by atoms with van der Waals surface area (Å²) in [4.78, 5) is 38.2. The predicted octanol–water partition coefficient (Wildman–Crippen LogP) is 4.76. The molecule has 186 valence electrons. The zero-order valence-electron chi connectivity index (χ0n) is 19.4. The number of ether oxygens (including phenoxy) is 2. The number of rotatable bonds is 11. The quantitative estimate of drug-likeness (QED) is 0.294. The number of carbonyl (C=O) groups is 3. The zero-order valence-corrected chi connectivity index (χ0v) is 20.2. The summed E-state index contributed by atoms with van der Waals surface area (Å²) in [5.74, 6) is -0.598. The fourth-order valence-electron chi connectivity index (χ4n) is 3.90. The van der Waals surface area contributed by atoms with E-state index in [0.717, 1.165) is 5.56 Å². The van der Waals surface area contributed by atoms with Crippen molar-refractivity contribution < 1.29 is 33.4 Å². The summed E-state index contributed by atoms with van der Waals surface area (Å²) in [5, 5.41) is 8.28. The number of aliphatic carboxylic acids is 1. The standard InChI is InChI=1S/C27H24FNO6S/c1-2-34-21-11-3-17(4-12-21)23(30)16-36-26-25(18-5-13-22(14-6-18)35-15-24(31)32)29(27(26)33)20-9-7-19(28)8-10-20/h3-14,25-26H,2,15-16H2,1H3,(H,31,32)/t25-,26-/m1/s1. The molecule has 2 atom stereocenters. The average molecular weight is 510 g/mol. The highest BCUT2D eigenvalue weighted by Gasteiger charge is 2.49. The average Bonchev–Trinajstić information content (AvgIpc) is 2.88. The Bertz CT molecular complexity index is 1230. The Morgan fingerprint density at radius 2 is 1.56 bits per heavy atom. The smallest absolute Gasteiger partial charge is 0.341 e. The number of nitrogens with zero attached hydrogens (tertiary/aromatic N) is 1. The van der Waals surface area contributed by atoms with Gasteiger partial charge in [-0.05, 0) is 73.2 Å². The second-order valence-corrected chi connectivity index (χ2v) is 9.12. The Morgan fingerprint density at radius 3 is 2.17 bits per heavy atom. The maximum absolute atomic E-state index is 13.5. The molecule has 0 unspecified atom stereocenters. The highest BCUT2D eigenvalue weighted by atomic mass is 32.2. The zero-order chi connectivity index (χ0) is 25.7. The molecular formula is C27H24FNO6S. The van der Waals surface area contributed by atoms with E-state index in [1.54, 1.807) is 53.4 Å². The molecule has 0 aromatic heterocycles. The number of anilines is 1. The number of carboxylic acid groups (broad SMARTS) is 1. The second kappa shape index (κ2) is 11.3. The Kier molecular flexibility index (Phi) is 7.90. The molecule has 0 saturated carbocycles. The second-order valence-electron chi connectivity index (χ2n) is 7.99. The van der Waals surface area contributed by atoms with Gasteiger partial charge in [0.2, 0.25) is 5.91 Å². The molecule has 4 rings (SSSR count). The number of Topliss-reactive ketones (excluding diaryl/α,β-unsaturated/α-hetero) is 1. The molecule has 1 aliphatic rings. The molecule has 3 aromatic carbocycles. The van der Waals surface area contributed by atoms with Gasteiger partial charge in [-0.2, -0.15) is 0 Å². The molecule has 1 fully saturated rings. The number of hydrogen-bond donors (Lipinski definition) is 1. The summed E-state index contributed by atoms with van der Waals surface area (Å²) in [6.07, 6.45) is 0. The lowest BCUT2D eigenvalue weighted by atomic mass is 9.92. The lowest BCUT2D eigenvalue weighted by Crippen LogP contribution is -2.57.